The Hall–Kier alpha value is -2.05. The Balaban J connectivity index is 2.14. The van der Waals surface area contributed by atoms with Gasteiger partial charge in [-0.1, -0.05) is 0 Å². The second kappa shape index (κ2) is 3.84. The smallest absolute Gasteiger partial charge is 0.328 e. The van der Waals surface area contributed by atoms with Crippen molar-refractivity contribution in [3.63, 3.8) is 0 Å². The van der Waals surface area contributed by atoms with Gasteiger partial charge in [0.1, 0.15) is 12.2 Å². The van der Waals surface area contributed by atoms with Crippen LogP contribution in [0.1, 0.15) is 12.8 Å². The van der Waals surface area contributed by atoms with Gasteiger partial charge in [-0.15, -0.1) is 0 Å². The number of carbonyl (C=O) groups is 1. The van der Waals surface area contributed by atoms with E-state index >= 15 is 0 Å². The zero-order chi connectivity index (χ0) is 11.7. The van der Waals surface area contributed by atoms with E-state index in [9.17, 15) is 14.4 Å². The maximum atomic E-state index is 11.4. The average molecular weight is 224 g/mol. The molecule has 1 aliphatic rings. The van der Waals surface area contributed by atoms with E-state index in [0.29, 0.717) is 0 Å². The van der Waals surface area contributed by atoms with Crippen LogP contribution in [0.4, 0.5) is 5.69 Å². The third-order valence-corrected chi connectivity index (χ3v) is 2.29. The normalized spacial score (nSPS) is 14.8. The van der Waals surface area contributed by atoms with E-state index in [1.165, 1.54) is 6.20 Å². The molecule has 1 heterocycles. The number of nitrogens with zero attached hydrogens (tertiary/aromatic N) is 1. The van der Waals surface area contributed by atoms with E-state index < -0.39 is 11.2 Å². The van der Waals surface area contributed by atoms with Gasteiger partial charge in [0.15, 0.2) is 0 Å². The molecule has 0 unspecified atom stereocenters. The lowest BCUT2D eigenvalue weighted by Crippen LogP contribution is -2.37. The van der Waals surface area contributed by atoms with Crippen LogP contribution in [-0.4, -0.2) is 21.5 Å². The van der Waals surface area contributed by atoms with E-state index in [1.54, 1.807) is 0 Å². The molecule has 0 aromatic carbocycles. The topological polar surface area (TPSA) is 110 Å². The van der Waals surface area contributed by atoms with Crippen molar-refractivity contribution in [2.75, 3.05) is 5.73 Å². The largest absolute Gasteiger partial charge is 0.393 e. The molecule has 0 saturated heterocycles. The molecule has 0 atom stereocenters. The van der Waals surface area contributed by atoms with Crippen molar-refractivity contribution in [1.82, 2.24) is 14.9 Å². The quantitative estimate of drug-likeness (QED) is 0.574. The van der Waals surface area contributed by atoms with Gasteiger partial charge >= 0.3 is 5.69 Å². The molecule has 7 nitrogen and oxygen atoms in total. The van der Waals surface area contributed by atoms with Crippen molar-refractivity contribution >= 4 is 11.6 Å². The van der Waals surface area contributed by atoms with Gasteiger partial charge in [-0.25, -0.2) is 4.79 Å². The molecule has 1 aliphatic carbocycles. The van der Waals surface area contributed by atoms with Crippen LogP contribution >= 0.6 is 0 Å². The number of anilines is 1. The minimum Gasteiger partial charge on any atom is -0.393 e. The second-order valence-corrected chi connectivity index (χ2v) is 3.81. The first-order valence-corrected chi connectivity index (χ1v) is 4.95. The van der Waals surface area contributed by atoms with Crippen molar-refractivity contribution in [2.24, 2.45) is 0 Å². The first kappa shape index (κ1) is 10.5. The molecule has 2 rings (SSSR count). The van der Waals surface area contributed by atoms with E-state index in [2.05, 4.69) is 5.32 Å². The molecule has 0 aliphatic heterocycles. The Labute approximate surface area is 90.3 Å². The molecule has 16 heavy (non-hydrogen) atoms. The number of carbonyl (C=O) groups excluding carboxylic acids is 1. The molecule has 0 bridgehead atoms. The fourth-order valence-corrected chi connectivity index (χ4v) is 1.30. The Kier molecular flexibility index (Phi) is 2.51. The minimum atomic E-state index is -0.635. The summed E-state index contributed by atoms with van der Waals surface area (Å²) in [6.45, 7) is -0.129. The van der Waals surface area contributed by atoms with E-state index in [-0.39, 0.29) is 24.2 Å². The first-order chi connectivity index (χ1) is 7.56. The van der Waals surface area contributed by atoms with Crippen LogP contribution in [0.5, 0.6) is 0 Å². The van der Waals surface area contributed by atoms with Crippen LogP contribution in [0.3, 0.4) is 0 Å². The fraction of sp³-hybridized carbons (Fsp3) is 0.444. The number of nitrogen functional groups attached to an aromatic ring is 1. The van der Waals surface area contributed by atoms with Gasteiger partial charge in [-0.05, 0) is 12.8 Å². The van der Waals surface area contributed by atoms with Gasteiger partial charge in [0.2, 0.25) is 5.91 Å². The van der Waals surface area contributed by atoms with E-state index in [4.69, 9.17) is 5.73 Å². The summed E-state index contributed by atoms with van der Waals surface area (Å²) in [5, 5.41) is 2.73. The number of H-pyrrole nitrogens is 1. The predicted octanol–water partition coefficient (Wildman–Crippen LogP) is -1.60. The molecule has 1 saturated carbocycles. The lowest BCUT2D eigenvalue weighted by molar-refractivity contribution is -0.121. The lowest BCUT2D eigenvalue weighted by atomic mass is 10.5. The average Bonchev–Trinajstić information content (AvgIpc) is 2.98. The molecular weight excluding hydrogens is 212 g/mol. The molecule has 0 spiro atoms. The molecule has 0 radical (unpaired) electrons. The fourth-order valence-electron chi connectivity index (χ4n) is 1.30. The summed E-state index contributed by atoms with van der Waals surface area (Å²) >= 11 is 0. The van der Waals surface area contributed by atoms with Gasteiger partial charge in [0.05, 0.1) is 0 Å². The SMILES string of the molecule is Nc1cn(CC(=O)NC2CC2)c(=O)[nH]c1=O. The first-order valence-electron chi connectivity index (χ1n) is 4.95. The zero-order valence-electron chi connectivity index (χ0n) is 8.53. The standard InChI is InChI=1S/C9H12N4O3/c10-6-3-13(9(16)12-8(6)15)4-7(14)11-5-1-2-5/h3,5H,1-2,4,10H2,(H,11,14)(H,12,15,16). The third-order valence-electron chi connectivity index (χ3n) is 2.29. The van der Waals surface area contributed by atoms with E-state index in [0.717, 1.165) is 17.4 Å². The number of aromatic amines is 1. The molecule has 1 fully saturated rings. The second-order valence-electron chi connectivity index (χ2n) is 3.81. The zero-order valence-corrected chi connectivity index (χ0v) is 8.53. The Morgan fingerprint density at radius 2 is 2.25 bits per heavy atom. The Morgan fingerprint density at radius 1 is 1.56 bits per heavy atom. The number of hydrogen-bond donors (Lipinski definition) is 3. The molecule has 86 valence electrons. The summed E-state index contributed by atoms with van der Waals surface area (Å²) in [5.74, 6) is -0.254. The third kappa shape index (κ3) is 2.30. The van der Waals surface area contributed by atoms with Crippen LogP contribution in [0.2, 0.25) is 0 Å². The highest BCUT2D eigenvalue weighted by molar-refractivity contribution is 5.76. The molecule has 1 amide bonds. The molecule has 1 aromatic heterocycles. The minimum absolute atomic E-state index is 0.0844. The predicted molar refractivity (Wildman–Crippen MR) is 56.9 cm³/mol. The highest BCUT2D eigenvalue weighted by Crippen LogP contribution is 2.18. The van der Waals surface area contributed by atoms with Crippen molar-refractivity contribution in [2.45, 2.75) is 25.4 Å². The summed E-state index contributed by atoms with van der Waals surface area (Å²) < 4.78 is 1.08. The lowest BCUT2D eigenvalue weighted by Gasteiger charge is -2.06. The van der Waals surface area contributed by atoms with Gasteiger partial charge < -0.3 is 11.1 Å². The number of nitrogens with one attached hydrogen (secondary N) is 2. The summed E-state index contributed by atoms with van der Waals surface area (Å²) in [6.07, 6.45) is 3.14. The summed E-state index contributed by atoms with van der Waals surface area (Å²) in [6, 6.07) is 0.239. The number of hydrogen-bond acceptors (Lipinski definition) is 4. The van der Waals surface area contributed by atoms with Gasteiger partial charge in [-0.3, -0.25) is 19.1 Å². The summed E-state index contributed by atoms with van der Waals surface area (Å²) in [5.41, 5.74) is 3.99. The highest BCUT2D eigenvalue weighted by Gasteiger charge is 2.23. The highest BCUT2D eigenvalue weighted by atomic mass is 16.2. The van der Waals surface area contributed by atoms with Crippen molar-refractivity contribution in [3.8, 4) is 0 Å². The molecular formula is C9H12N4O3. The molecule has 1 aromatic rings. The van der Waals surface area contributed by atoms with Crippen LogP contribution in [0.25, 0.3) is 0 Å². The maximum absolute atomic E-state index is 11.4. The van der Waals surface area contributed by atoms with Crippen LogP contribution in [0.15, 0.2) is 15.8 Å². The number of aromatic nitrogens is 2. The molecule has 4 N–H and O–H groups in total. The Bertz CT molecular complexity index is 526. The number of amides is 1. The van der Waals surface area contributed by atoms with E-state index in [1.807, 2.05) is 4.98 Å². The van der Waals surface area contributed by atoms with Crippen LogP contribution < -0.4 is 22.3 Å². The van der Waals surface area contributed by atoms with Crippen molar-refractivity contribution in [1.29, 1.82) is 0 Å². The monoisotopic (exact) mass is 224 g/mol. The number of nitrogens with two attached hydrogens (primary N) is 1. The van der Waals surface area contributed by atoms with Crippen LogP contribution in [0, 0.1) is 0 Å². The maximum Gasteiger partial charge on any atom is 0.328 e. The summed E-state index contributed by atoms with van der Waals surface area (Å²) in [4.78, 5) is 35.7. The number of rotatable bonds is 3. The van der Waals surface area contributed by atoms with Gasteiger partial charge in [0, 0.05) is 12.2 Å². The molecule has 7 heteroatoms. The van der Waals surface area contributed by atoms with Crippen LogP contribution in [-0.2, 0) is 11.3 Å². The van der Waals surface area contributed by atoms with Gasteiger partial charge in [-0.2, -0.15) is 0 Å². The van der Waals surface area contributed by atoms with Crippen molar-refractivity contribution < 1.29 is 4.79 Å². The van der Waals surface area contributed by atoms with Gasteiger partial charge in [0.25, 0.3) is 5.56 Å². The Morgan fingerprint density at radius 3 is 2.88 bits per heavy atom. The van der Waals surface area contributed by atoms with Crippen molar-refractivity contribution in [3.05, 3.63) is 27.0 Å². The summed E-state index contributed by atoms with van der Waals surface area (Å²) in [7, 11) is 0.